The summed E-state index contributed by atoms with van der Waals surface area (Å²) in [6.45, 7) is 9.36. The van der Waals surface area contributed by atoms with Gasteiger partial charge in [0.1, 0.15) is 0 Å². The molecule has 6 heteroatoms. The number of allylic oxidation sites excluding steroid dienone is 2. The van der Waals surface area contributed by atoms with Crippen molar-refractivity contribution in [2.75, 3.05) is 41.5 Å². The summed E-state index contributed by atoms with van der Waals surface area (Å²) in [4.78, 5) is 27.4. The van der Waals surface area contributed by atoms with Crippen LogP contribution in [0.15, 0.2) is 30.4 Å². The predicted octanol–water partition coefficient (Wildman–Crippen LogP) is 5.26. The second-order valence-corrected chi connectivity index (χ2v) is 9.30. The van der Waals surface area contributed by atoms with Gasteiger partial charge in [0, 0.05) is 51.6 Å². The number of hydrogen-bond acceptors (Lipinski definition) is 5. The Bertz CT molecular complexity index is 770. The molecule has 0 spiro atoms. The lowest BCUT2D eigenvalue weighted by atomic mass is 9.84. The number of methoxy groups -OCH3 is 2. The summed E-state index contributed by atoms with van der Waals surface area (Å²) in [6.07, 6.45) is 6.16. The summed E-state index contributed by atoms with van der Waals surface area (Å²) in [5, 5.41) is 0. The molecule has 1 aromatic rings. The minimum Gasteiger partial charge on any atom is -0.493 e. The van der Waals surface area contributed by atoms with Crippen LogP contribution in [0.5, 0.6) is 11.5 Å². The first-order valence-electron chi connectivity index (χ1n) is 11.8. The number of Topliss-reactive ketones (excluding diaryl/α,β-unsaturated/α-hetero) is 1. The molecule has 0 radical (unpaired) electrons. The van der Waals surface area contributed by atoms with Crippen LogP contribution >= 0.6 is 0 Å². The highest BCUT2D eigenvalue weighted by Crippen LogP contribution is 2.31. The van der Waals surface area contributed by atoms with Crippen LogP contribution in [0.3, 0.4) is 0 Å². The fraction of sp³-hybridized carbons (Fsp3) is 0.630. The van der Waals surface area contributed by atoms with Gasteiger partial charge in [-0.2, -0.15) is 0 Å². The smallest absolute Gasteiger partial charge is 0.225 e. The lowest BCUT2D eigenvalue weighted by Gasteiger charge is -2.22. The topological polar surface area (TPSA) is 65.1 Å². The predicted molar refractivity (Wildman–Crippen MR) is 133 cm³/mol. The van der Waals surface area contributed by atoms with Gasteiger partial charge < -0.3 is 19.1 Å². The van der Waals surface area contributed by atoms with Crippen molar-refractivity contribution in [1.29, 1.82) is 0 Å². The van der Waals surface area contributed by atoms with Crippen LogP contribution < -0.4 is 9.47 Å². The Kier molecular flexibility index (Phi) is 12.8. The van der Waals surface area contributed by atoms with Crippen LogP contribution in [0.25, 0.3) is 0 Å². The van der Waals surface area contributed by atoms with Gasteiger partial charge in [-0.3, -0.25) is 9.59 Å². The molecule has 0 fully saturated rings. The van der Waals surface area contributed by atoms with Crippen LogP contribution in [-0.2, 0) is 9.53 Å². The van der Waals surface area contributed by atoms with E-state index in [1.807, 2.05) is 12.2 Å². The molecule has 0 saturated heterocycles. The normalized spacial score (nSPS) is 13.4. The Morgan fingerprint density at radius 3 is 2.03 bits per heavy atom. The number of ketones is 1. The lowest BCUT2D eigenvalue weighted by Crippen LogP contribution is -2.32. The molecular formula is C27H43NO5. The van der Waals surface area contributed by atoms with Crippen molar-refractivity contribution in [2.45, 2.75) is 47.0 Å². The third-order valence-corrected chi connectivity index (χ3v) is 5.85. The molecule has 2 atom stereocenters. The van der Waals surface area contributed by atoms with E-state index in [4.69, 9.17) is 14.2 Å². The number of nitrogens with zero attached hydrogens (tertiary/aromatic N) is 1. The van der Waals surface area contributed by atoms with Crippen molar-refractivity contribution in [3.63, 3.8) is 0 Å². The lowest BCUT2D eigenvalue weighted by molar-refractivity contribution is -0.134. The van der Waals surface area contributed by atoms with Crippen LogP contribution in [0.4, 0.5) is 0 Å². The molecule has 0 aliphatic carbocycles. The van der Waals surface area contributed by atoms with E-state index in [0.717, 1.165) is 6.42 Å². The van der Waals surface area contributed by atoms with Crippen LogP contribution in [0.1, 0.15) is 57.3 Å². The zero-order valence-corrected chi connectivity index (χ0v) is 21.7. The molecule has 0 N–H and O–H groups in total. The van der Waals surface area contributed by atoms with E-state index < -0.39 is 0 Å². The molecule has 6 nitrogen and oxygen atoms in total. The summed E-state index contributed by atoms with van der Waals surface area (Å²) >= 11 is 0. The molecule has 1 rings (SSSR count). The zero-order valence-electron chi connectivity index (χ0n) is 21.7. The molecule has 0 bridgehead atoms. The zero-order chi connectivity index (χ0) is 25.0. The maximum Gasteiger partial charge on any atom is 0.225 e. The van der Waals surface area contributed by atoms with Crippen LogP contribution in [0, 0.1) is 23.7 Å². The van der Waals surface area contributed by atoms with Gasteiger partial charge in [0.05, 0.1) is 13.7 Å². The summed E-state index contributed by atoms with van der Waals surface area (Å²) in [5.74, 6) is 1.64. The molecule has 0 saturated carbocycles. The van der Waals surface area contributed by atoms with Crippen molar-refractivity contribution >= 4 is 11.7 Å². The van der Waals surface area contributed by atoms with Crippen LogP contribution in [0.2, 0.25) is 0 Å². The first-order chi connectivity index (χ1) is 15.6. The van der Waals surface area contributed by atoms with E-state index in [1.54, 1.807) is 51.4 Å². The number of carbonyl (C=O) groups excluding carboxylic acids is 2. The molecule has 33 heavy (non-hydrogen) atoms. The summed E-state index contributed by atoms with van der Waals surface area (Å²) in [6, 6.07) is 5.36. The van der Waals surface area contributed by atoms with Gasteiger partial charge in [-0.05, 0) is 42.9 Å². The van der Waals surface area contributed by atoms with Crippen LogP contribution in [-0.4, -0.2) is 58.1 Å². The number of benzene rings is 1. The summed E-state index contributed by atoms with van der Waals surface area (Å²) < 4.78 is 16.3. The van der Waals surface area contributed by atoms with Gasteiger partial charge >= 0.3 is 0 Å². The Morgan fingerprint density at radius 2 is 1.52 bits per heavy atom. The number of rotatable bonds is 15. The Hall–Kier alpha value is -2.34. The van der Waals surface area contributed by atoms with Crippen molar-refractivity contribution in [3.05, 3.63) is 35.9 Å². The summed E-state index contributed by atoms with van der Waals surface area (Å²) in [5.41, 5.74) is 0.618. The molecule has 0 aliphatic rings. The van der Waals surface area contributed by atoms with Gasteiger partial charge in [-0.25, -0.2) is 0 Å². The number of carbonyl (C=O) groups is 2. The third kappa shape index (κ3) is 9.20. The average molecular weight is 462 g/mol. The van der Waals surface area contributed by atoms with E-state index >= 15 is 0 Å². The number of amides is 1. The molecule has 1 amide bonds. The Morgan fingerprint density at radius 1 is 0.909 bits per heavy atom. The monoisotopic (exact) mass is 461 g/mol. The van der Waals surface area contributed by atoms with E-state index in [0.29, 0.717) is 43.1 Å². The SMILES string of the molecule is COCCCOc1cc(C(=O)C(CC=CC[C@H](C(=O)N(C)C)C(C)C)C(C)C)ccc1OC. The molecule has 186 valence electrons. The van der Waals surface area contributed by atoms with Gasteiger partial charge in [0.2, 0.25) is 5.91 Å². The Labute approximate surface area is 200 Å². The van der Waals surface area contributed by atoms with Crippen molar-refractivity contribution < 1.29 is 23.8 Å². The van der Waals surface area contributed by atoms with Crippen molar-refractivity contribution in [1.82, 2.24) is 4.90 Å². The molecule has 1 unspecified atom stereocenters. The van der Waals surface area contributed by atoms with Crippen molar-refractivity contribution in [2.24, 2.45) is 23.7 Å². The van der Waals surface area contributed by atoms with Gasteiger partial charge in [0.15, 0.2) is 17.3 Å². The van der Waals surface area contributed by atoms with Crippen molar-refractivity contribution in [3.8, 4) is 11.5 Å². The quantitative estimate of drug-likeness (QED) is 0.202. The fourth-order valence-corrected chi connectivity index (χ4v) is 3.70. The van der Waals surface area contributed by atoms with Gasteiger partial charge in [-0.15, -0.1) is 0 Å². The van der Waals surface area contributed by atoms with Gasteiger partial charge in [-0.1, -0.05) is 39.8 Å². The molecule has 0 aliphatic heterocycles. The van der Waals surface area contributed by atoms with E-state index in [9.17, 15) is 9.59 Å². The van der Waals surface area contributed by atoms with Gasteiger partial charge in [0.25, 0.3) is 0 Å². The molecule has 1 aromatic carbocycles. The van der Waals surface area contributed by atoms with E-state index in [1.165, 1.54) is 0 Å². The summed E-state index contributed by atoms with van der Waals surface area (Å²) in [7, 11) is 6.83. The maximum atomic E-state index is 13.3. The largest absolute Gasteiger partial charge is 0.493 e. The van der Waals surface area contributed by atoms with E-state index in [-0.39, 0.29) is 35.4 Å². The highest BCUT2D eigenvalue weighted by atomic mass is 16.5. The molecular weight excluding hydrogens is 418 g/mol. The highest BCUT2D eigenvalue weighted by molar-refractivity contribution is 5.98. The minimum atomic E-state index is -0.155. The highest BCUT2D eigenvalue weighted by Gasteiger charge is 2.25. The second kappa shape index (κ2) is 14.7. The first-order valence-corrected chi connectivity index (χ1v) is 11.8. The third-order valence-electron chi connectivity index (χ3n) is 5.85. The Balaban J connectivity index is 2.91. The fourth-order valence-electron chi connectivity index (χ4n) is 3.70. The standard InChI is InChI=1S/C27H43NO5/c1-19(2)22(12-9-10-13-23(20(3)4)27(30)28(5)6)26(29)21-14-15-24(32-8)25(18-21)33-17-11-16-31-7/h9-10,14-15,18-20,22-23H,11-13,16-17H2,1-8H3/t22?,23-/m0/s1. The molecule has 0 heterocycles. The van der Waals surface area contributed by atoms with E-state index in [2.05, 4.69) is 27.7 Å². The number of ether oxygens (including phenoxy) is 3. The maximum absolute atomic E-state index is 13.3. The molecule has 0 aromatic heterocycles. The minimum absolute atomic E-state index is 0.0520. The first kappa shape index (κ1) is 28.7. The number of hydrogen-bond donors (Lipinski definition) is 0. The second-order valence-electron chi connectivity index (χ2n) is 9.30. The average Bonchev–Trinajstić information content (AvgIpc) is 2.77.